The summed E-state index contributed by atoms with van der Waals surface area (Å²) in [6.45, 7) is 3.48. The molecule has 1 heteroatoms. The Labute approximate surface area is 130 Å². The Morgan fingerprint density at radius 2 is 1.57 bits per heavy atom. The van der Waals surface area contributed by atoms with Crippen molar-refractivity contribution in [1.82, 2.24) is 5.32 Å². The molecule has 0 aliphatic heterocycles. The fraction of sp³-hybridized carbons (Fsp3) is 0.700. The molecule has 0 aromatic heterocycles. The fourth-order valence-corrected chi connectivity index (χ4v) is 4.55. The van der Waals surface area contributed by atoms with E-state index in [9.17, 15) is 0 Å². The molecule has 1 fully saturated rings. The van der Waals surface area contributed by atoms with Crippen LogP contribution >= 0.6 is 0 Å². The third kappa shape index (κ3) is 3.69. The minimum Gasteiger partial charge on any atom is -0.313 e. The van der Waals surface area contributed by atoms with Crippen LogP contribution in [0.1, 0.15) is 63.0 Å². The quantitative estimate of drug-likeness (QED) is 0.771. The first-order chi connectivity index (χ1) is 10.4. The maximum absolute atomic E-state index is 3.94. The Kier molecular flexibility index (Phi) is 5.35. The molecule has 1 aromatic carbocycles. The lowest BCUT2D eigenvalue weighted by Crippen LogP contribution is -2.43. The summed E-state index contributed by atoms with van der Waals surface area (Å²) >= 11 is 0. The van der Waals surface area contributed by atoms with Crippen LogP contribution in [-0.2, 0) is 12.8 Å². The van der Waals surface area contributed by atoms with Crippen LogP contribution in [0.5, 0.6) is 0 Å². The van der Waals surface area contributed by atoms with Gasteiger partial charge in [-0.05, 0) is 61.6 Å². The summed E-state index contributed by atoms with van der Waals surface area (Å²) in [4.78, 5) is 0. The van der Waals surface area contributed by atoms with Crippen molar-refractivity contribution in [3.05, 3.63) is 35.4 Å². The van der Waals surface area contributed by atoms with E-state index in [1.807, 2.05) is 0 Å². The normalized spacial score (nSPS) is 22.0. The molecular formula is C20H31N. The minimum absolute atomic E-state index is 0.746. The summed E-state index contributed by atoms with van der Waals surface area (Å²) in [5.41, 5.74) is 3.22. The predicted octanol–water partition coefficient (Wildman–Crippen LogP) is 4.74. The Morgan fingerprint density at radius 3 is 2.14 bits per heavy atom. The second kappa shape index (κ2) is 7.45. The Balaban J connectivity index is 1.70. The van der Waals surface area contributed by atoms with Gasteiger partial charge in [-0.25, -0.2) is 0 Å². The van der Waals surface area contributed by atoms with E-state index in [1.165, 1.54) is 64.3 Å². The number of benzene rings is 1. The lowest BCUT2D eigenvalue weighted by molar-refractivity contribution is 0.240. The molecule has 0 saturated heterocycles. The molecule has 1 nitrogen and oxygen atoms in total. The van der Waals surface area contributed by atoms with Crippen LogP contribution in [0.3, 0.4) is 0 Å². The topological polar surface area (TPSA) is 12.0 Å². The second-order valence-electron chi connectivity index (χ2n) is 7.17. The van der Waals surface area contributed by atoms with Gasteiger partial charge in [-0.3, -0.25) is 0 Å². The molecular weight excluding hydrogens is 254 g/mol. The van der Waals surface area contributed by atoms with Crippen molar-refractivity contribution >= 4 is 0 Å². The molecule has 0 spiro atoms. The van der Waals surface area contributed by atoms with Gasteiger partial charge in [0.15, 0.2) is 0 Å². The average Bonchev–Trinajstić information content (AvgIpc) is 2.75. The molecule has 1 atom stereocenters. The van der Waals surface area contributed by atoms with Crippen LogP contribution in [-0.4, -0.2) is 12.6 Å². The van der Waals surface area contributed by atoms with E-state index in [0.29, 0.717) is 0 Å². The van der Waals surface area contributed by atoms with Gasteiger partial charge in [0.05, 0.1) is 0 Å². The van der Waals surface area contributed by atoms with E-state index >= 15 is 0 Å². The molecule has 1 aromatic rings. The third-order valence-corrected chi connectivity index (χ3v) is 5.63. The Hall–Kier alpha value is -0.820. The molecule has 116 valence electrons. The average molecular weight is 285 g/mol. The summed E-state index contributed by atoms with van der Waals surface area (Å²) < 4.78 is 0. The van der Waals surface area contributed by atoms with E-state index < -0.39 is 0 Å². The van der Waals surface area contributed by atoms with Crippen LogP contribution in [0.15, 0.2) is 24.3 Å². The van der Waals surface area contributed by atoms with Crippen LogP contribution in [0.2, 0.25) is 0 Å². The highest BCUT2D eigenvalue weighted by molar-refractivity contribution is 5.32. The van der Waals surface area contributed by atoms with Crippen molar-refractivity contribution in [2.45, 2.75) is 70.8 Å². The highest BCUT2D eigenvalue weighted by atomic mass is 14.9. The largest absolute Gasteiger partial charge is 0.313 e. The second-order valence-corrected chi connectivity index (χ2v) is 7.17. The van der Waals surface area contributed by atoms with Gasteiger partial charge in [-0.15, -0.1) is 0 Å². The van der Waals surface area contributed by atoms with E-state index in [4.69, 9.17) is 0 Å². The van der Waals surface area contributed by atoms with Crippen molar-refractivity contribution in [3.63, 3.8) is 0 Å². The molecule has 3 rings (SSSR count). The van der Waals surface area contributed by atoms with Gasteiger partial charge in [-0.1, -0.05) is 56.9 Å². The van der Waals surface area contributed by atoms with Gasteiger partial charge in [-0.2, -0.15) is 0 Å². The maximum Gasteiger partial charge on any atom is 0.0130 e. The first-order valence-electron chi connectivity index (χ1n) is 9.18. The zero-order valence-corrected chi connectivity index (χ0v) is 13.6. The Morgan fingerprint density at radius 1 is 0.952 bits per heavy atom. The van der Waals surface area contributed by atoms with Gasteiger partial charge in [0.25, 0.3) is 0 Å². The summed E-state index contributed by atoms with van der Waals surface area (Å²) in [5, 5.41) is 3.94. The van der Waals surface area contributed by atoms with Crippen LogP contribution in [0, 0.1) is 11.8 Å². The molecule has 0 amide bonds. The first-order valence-corrected chi connectivity index (χ1v) is 9.18. The SMILES string of the molecule is CCCNC(C1CCCCCC1)C1Cc2ccccc2C1. The molecule has 1 N–H and O–H groups in total. The van der Waals surface area contributed by atoms with Crippen molar-refractivity contribution < 1.29 is 0 Å². The van der Waals surface area contributed by atoms with Crippen LogP contribution in [0.4, 0.5) is 0 Å². The van der Waals surface area contributed by atoms with Crippen molar-refractivity contribution in [1.29, 1.82) is 0 Å². The van der Waals surface area contributed by atoms with Gasteiger partial charge in [0.1, 0.15) is 0 Å². The minimum atomic E-state index is 0.746. The summed E-state index contributed by atoms with van der Waals surface area (Å²) in [6, 6.07) is 9.86. The molecule has 21 heavy (non-hydrogen) atoms. The molecule has 2 aliphatic rings. The first kappa shape index (κ1) is 15.1. The molecule has 1 unspecified atom stereocenters. The Bertz CT molecular complexity index is 406. The number of nitrogens with one attached hydrogen (secondary N) is 1. The highest BCUT2D eigenvalue weighted by Crippen LogP contribution is 2.35. The van der Waals surface area contributed by atoms with E-state index in [2.05, 4.69) is 36.5 Å². The monoisotopic (exact) mass is 285 g/mol. The molecule has 1 saturated carbocycles. The van der Waals surface area contributed by atoms with E-state index in [1.54, 1.807) is 11.1 Å². The van der Waals surface area contributed by atoms with Gasteiger partial charge >= 0.3 is 0 Å². The van der Waals surface area contributed by atoms with Crippen molar-refractivity contribution in [2.75, 3.05) is 6.54 Å². The molecule has 0 radical (unpaired) electrons. The van der Waals surface area contributed by atoms with Crippen molar-refractivity contribution in [2.24, 2.45) is 11.8 Å². The van der Waals surface area contributed by atoms with Gasteiger partial charge in [0.2, 0.25) is 0 Å². The van der Waals surface area contributed by atoms with Crippen molar-refractivity contribution in [3.8, 4) is 0 Å². The number of fused-ring (bicyclic) bond motifs is 1. The zero-order valence-electron chi connectivity index (χ0n) is 13.6. The number of hydrogen-bond acceptors (Lipinski definition) is 1. The van der Waals surface area contributed by atoms with Gasteiger partial charge in [0, 0.05) is 6.04 Å². The summed E-state index contributed by atoms with van der Waals surface area (Å²) in [7, 11) is 0. The van der Waals surface area contributed by atoms with Crippen LogP contribution < -0.4 is 5.32 Å². The maximum atomic E-state index is 3.94. The standard InChI is InChI=1S/C20H31N/c1-2-13-21-20(16-9-5-3-4-6-10-16)19-14-17-11-7-8-12-18(17)15-19/h7-8,11-12,16,19-21H,2-6,9-10,13-15H2,1H3. The molecule has 2 aliphatic carbocycles. The summed E-state index contributed by atoms with van der Waals surface area (Å²) in [6.07, 6.45) is 12.6. The van der Waals surface area contributed by atoms with Gasteiger partial charge < -0.3 is 5.32 Å². The summed E-state index contributed by atoms with van der Waals surface area (Å²) in [5.74, 6) is 1.75. The lowest BCUT2D eigenvalue weighted by Gasteiger charge is -2.32. The van der Waals surface area contributed by atoms with E-state index in [-0.39, 0.29) is 0 Å². The predicted molar refractivity (Wildman–Crippen MR) is 90.6 cm³/mol. The number of hydrogen-bond donors (Lipinski definition) is 1. The van der Waals surface area contributed by atoms with E-state index in [0.717, 1.165) is 17.9 Å². The smallest absolute Gasteiger partial charge is 0.0130 e. The molecule has 0 bridgehead atoms. The fourth-order valence-electron chi connectivity index (χ4n) is 4.55. The number of rotatable bonds is 5. The zero-order chi connectivity index (χ0) is 14.5. The lowest BCUT2D eigenvalue weighted by atomic mass is 9.82. The van der Waals surface area contributed by atoms with Crippen LogP contribution in [0.25, 0.3) is 0 Å². The highest BCUT2D eigenvalue weighted by Gasteiger charge is 2.33. The third-order valence-electron chi connectivity index (χ3n) is 5.63. The molecule has 0 heterocycles.